The molecule has 1 aliphatic heterocycles. The number of thioether (sulfide) groups is 1. The van der Waals surface area contributed by atoms with Crippen molar-refractivity contribution in [2.24, 2.45) is 0 Å². The van der Waals surface area contributed by atoms with Gasteiger partial charge in [-0.2, -0.15) is 11.8 Å². The third-order valence-corrected chi connectivity index (χ3v) is 5.78. The van der Waals surface area contributed by atoms with Crippen LogP contribution in [-0.4, -0.2) is 40.4 Å². The predicted molar refractivity (Wildman–Crippen MR) is 110 cm³/mol. The molecule has 1 amide bonds. The number of benzene rings is 2. The summed E-state index contributed by atoms with van der Waals surface area (Å²) in [5, 5.41) is 3.54. The van der Waals surface area contributed by atoms with Gasteiger partial charge in [-0.25, -0.2) is 8.78 Å². The van der Waals surface area contributed by atoms with Crippen LogP contribution in [-0.2, 0) is 0 Å². The number of aromatic nitrogens is 1. The maximum absolute atomic E-state index is 13.9. The maximum atomic E-state index is 13.9. The molecule has 3 aromatic rings. The summed E-state index contributed by atoms with van der Waals surface area (Å²) >= 11 is 7.68. The predicted octanol–water partition coefficient (Wildman–Crippen LogP) is 5.10. The average molecular weight is 420 g/mol. The molecule has 1 fully saturated rings. The van der Waals surface area contributed by atoms with Crippen LogP contribution >= 0.6 is 23.4 Å². The molecule has 2 aromatic carbocycles. The molecule has 1 saturated heterocycles. The van der Waals surface area contributed by atoms with E-state index in [-0.39, 0.29) is 10.9 Å². The minimum absolute atomic E-state index is 0.0459. The summed E-state index contributed by atoms with van der Waals surface area (Å²) in [5.74, 6) is 0.596. The zero-order valence-electron chi connectivity index (χ0n) is 14.7. The average Bonchev–Trinajstić information content (AvgIpc) is 2.71. The van der Waals surface area contributed by atoms with Gasteiger partial charge >= 0.3 is 0 Å². The van der Waals surface area contributed by atoms with Crippen molar-refractivity contribution in [3.63, 3.8) is 0 Å². The van der Waals surface area contributed by atoms with Gasteiger partial charge in [0.05, 0.1) is 21.8 Å². The molecule has 0 spiro atoms. The number of anilines is 2. The Kier molecular flexibility index (Phi) is 5.37. The van der Waals surface area contributed by atoms with Crippen LogP contribution in [0.15, 0.2) is 42.6 Å². The van der Waals surface area contributed by atoms with E-state index >= 15 is 0 Å². The molecule has 1 N–H and O–H groups in total. The lowest BCUT2D eigenvalue weighted by Crippen LogP contribution is -2.38. The van der Waals surface area contributed by atoms with Gasteiger partial charge in [-0.1, -0.05) is 11.6 Å². The Balaban J connectivity index is 1.83. The number of nitrogens with zero attached hydrogens (tertiary/aromatic N) is 2. The second-order valence-electron chi connectivity index (χ2n) is 6.37. The number of nitrogens with one attached hydrogen (secondary N) is 1. The number of carbonyl (C=O) groups excluding carboxylic acids is 1. The number of rotatable bonds is 3. The molecular formula is C20H16ClF2N3OS. The molecule has 28 heavy (non-hydrogen) atoms. The normalized spacial score (nSPS) is 14.3. The quantitative estimate of drug-likeness (QED) is 0.641. The van der Waals surface area contributed by atoms with Gasteiger partial charge < -0.3 is 10.2 Å². The van der Waals surface area contributed by atoms with Crippen LogP contribution in [0.2, 0.25) is 5.02 Å². The van der Waals surface area contributed by atoms with Crippen LogP contribution in [0.25, 0.3) is 10.9 Å². The summed E-state index contributed by atoms with van der Waals surface area (Å²) in [5.41, 5.74) is 1.80. The maximum Gasteiger partial charge on any atom is 0.257 e. The first-order valence-corrected chi connectivity index (χ1v) is 10.2. The second kappa shape index (κ2) is 7.93. The number of hydrogen-bond donors (Lipinski definition) is 1. The lowest BCUT2D eigenvalue weighted by molar-refractivity contribution is 0.0773. The zero-order valence-corrected chi connectivity index (χ0v) is 16.3. The van der Waals surface area contributed by atoms with E-state index in [2.05, 4.69) is 10.3 Å². The molecule has 2 heterocycles. The van der Waals surface area contributed by atoms with Crippen molar-refractivity contribution in [2.75, 3.05) is 29.9 Å². The summed E-state index contributed by atoms with van der Waals surface area (Å²) in [4.78, 5) is 19.2. The van der Waals surface area contributed by atoms with E-state index in [1.165, 1.54) is 36.5 Å². The van der Waals surface area contributed by atoms with Crippen LogP contribution in [0, 0.1) is 11.6 Å². The van der Waals surface area contributed by atoms with Crippen molar-refractivity contribution in [3.05, 3.63) is 64.8 Å². The number of amides is 1. The summed E-state index contributed by atoms with van der Waals surface area (Å²) < 4.78 is 27.4. The summed E-state index contributed by atoms with van der Waals surface area (Å²) in [6.07, 6.45) is 1.50. The standard InChI is InChI=1S/C20H16ClF2N3OS/c21-16-10-13(2-3-17(16)23)25-19-14-9-12(22)1-4-18(14)24-11-15(19)20(27)26-5-7-28-8-6-26/h1-4,9-11H,5-8H2,(H,24,25). The van der Waals surface area contributed by atoms with Crippen LogP contribution in [0.1, 0.15) is 10.4 Å². The van der Waals surface area contributed by atoms with Crippen LogP contribution in [0.5, 0.6) is 0 Å². The molecule has 4 rings (SSSR count). The zero-order chi connectivity index (χ0) is 19.7. The molecule has 1 aliphatic rings. The van der Waals surface area contributed by atoms with E-state index in [1.54, 1.807) is 22.7 Å². The third kappa shape index (κ3) is 3.77. The van der Waals surface area contributed by atoms with Crippen molar-refractivity contribution in [1.82, 2.24) is 9.88 Å². The lowest BCUT2D eigenvalue weighted by Gasteiger charge is -2.27. The van der Waals surface area contributed by atoms with Crippen molar-refractivity contribution >= 4 is 51.5 Å². The van der Waals surface area contributed by atoms with E-state index < -0.39 is 11.6 Å². The molecule has 8 heteroatoms. The highest BCUT2D eigenvalue weighted by atomic mass is 35.5. The van der Waals surface area contributed by atoms with Gasteiger partial charge in [-0.05, 0) is 36.4 Å². The van der Waals surface area contributed by atoms with Gasteiger partial charge in [0.2, 0.25) is 0 Å². The minimum atomic E-state index is -0.542. The summed E-state index contributed by atoms with van der Waals surface area (Å²) in [6, 6.07) is 8.37. The fourth-order valence-electron chi connectivity index (χ4n) is 3.12. The van der Waals surface area contributed by atoms with E-state index in [0.717, 1.165) is 11.5 Å². The first kappa shape index (κ1) is 19.0. The van der Waals surface area contributed by atoms with Crippen LogP contribution < -0.4 is 5.32 Å². The van der Waals surface area contributed by atoms with Gasteiger partial charge in [-0.15, -0.1) is 0 Å². The number of fused-ring (bicyclic) bond motifs is 1. The SMILES string of the molecule is O=C(c1cnc2ccc(F)cc2c1Nc1ccc(F)c(Cl)c1)N1CCSCC1. The molecular weight excluding hydrogens is 404 g/mol. The van der Waals surface area contributed by atoms with E-state index in [4.69, 9.17) is 11.6 Å². The number of hydrogen-bond acceptors (Lipinski definition) is 4. The largest absolute Gasteiger partial charge is 0.354 e. The molecule has 0 atom stereocenters. The fraction of sp³-hybridized carbons (Fsp3) is 0.200. The highest BCUT2D eigenvalue weighted by Gasteiger charge is 2.23. The smallest absolute Gasteiger partial charge is 0.257 e. The number of halogens is 3. The molecule has 0 bridgehead atoms. The Morgan fingerprint density at radius 2 is 1.93 bits per heavy atom. The van der Waals surface area contributed by atoms with E-state index in [0.29, 0.717) is 40.9 Å². The number of carbonyl (C=O) groups is 1. The van der Waals surface area contributed by atoms with Crippen molar-refractivity contribution in [3.8, 4) is 0 Å². The van der Waals surface area contributed by atoms with Crippen LogP contribution in [0.3, 0.4) is 0 Å². The Bertz CT molecular complexity index is 1060. The lowest BCUT2D eigenvalue weighted by atomic mass is 10.1. The first-order chi connectivity index (χ1) is 13.5. The Hall–Kier alpha value is -2.38. The van der Waals surface area contributed by atoms with Gasteiger partial charge in [-0.3, -0.25) is 9.78 Å². The molecule has 144 valence electrons. The Labute approximate surface area is 169 Å². The molecule has 4 nitrogen and oxygen atoms in total. The van der Waals surface area contributed by atoms with E-state index in [9.17, 15) is 13.6 Å². The monoisotopic (exact) mass is 419 g/mol. The molecule has 0 aliphatic carbocycles. The van der Waals surface area contributed by atoms with E-state index in [1.807, 2.05) is 0 Å². The second-order valence-corrected chi connectivity index (χ2v) is 8.00. The fourth-order valence-corrected chi connectivity index (χ4v) is 4.20. The topological polar surface area (TPSA) is 45.2 Å². The Morgan fingerprint density at radius 3 is 2.68 bits per heavy atom. The van der Waals surface area contributed by atoms with Crippen molar-refractivity contribution in [1.29, 1.82) is 0 Å². The van der Waals surface area contributed by atoms with Gasteiger partial charge in [0.15, 0.2) is 0 Å². The molecule has 0 saturated carbocycles. The molecule has 0 radical (unpaired) electrons. The van der Waals surface area contributed by atoms with Gasteiger partial charge in [0.1, 0.15) is 11.6 Å². The Morgan fingerprint density at radius 1 is 1.14 bits per heavy atom. The minimum Gasteiger partial charge on any atom is -0.354 e. The highest BCUT2D eigenvalue weighted by molar-refractivity contribution is 7.99. The van der Waals surface area contributed by atoms with Crippen LogP contribution in [0.4, 0.5) is 20.2 Å². The molecule has 1 aromatic heterocycles. The number of pyridine rings is 1. The van der Waals surface area contributed by atoms with Gasteiger partial charge in [0.25, 0.3) is 5.91 Å². The third-order valence-electron chi connectivity index (χ3n) is 4.55. The highest BCUT2D eigenvalue weighted by Crippen LogP contribution is 2.32. The summed E-state index contributed by atoms with van der Waals surface area (Å²) in [6.45, 7) is 1.29. The van der Waals surface area contributed by atoms with Gasteiger partial charge in [0, 0.05) is 41.9 Å². The first-order valence-electron chi connectivity index (χ1n) is 8.70. The summed E-state index contributed by atoms with van der Waals surface area (Å²) in [7, 11) is 0. The van der Waals surface area contributed by atoms with Crippen molar-refractivity contribution < 1.29 is 13.6 Å². The molecule has 0 unspecified atom stereocenters. The van der Waals surface area contributed by atoms with Crippen molar-refractivity contribution in [2.45, 2.75) is 0 Å².